The molecule has 0 radical (unpaired) electrons. The van der Waals surface area contributed by atoms with Crippen molar-refractivity contribution in [1.82, 2.24) is 9.97 Å². The molecular weight excluding hydrogens is 336 g/mol. The van der Waals surface area contributed by atoms with E-state index in [0.29, 0.717) is 17.2 Å². The van der Waals surface area contributed by atoms with Gasteiger partial charge in [-0.3, -0.25) is 0 Å². The van der Waals surface area contributed by atoms with Gasteiger partial charge in [-0.2, -0.15) is 0 Å². The van der Waals surface area contributed by atoms with Gasteiger partial charge in [0.05, 0.1) is 16.6 Å². The van der Waals surface area contributed by atoms with Crippen LogP contribution in [0, 0.1) is 4.64 Å². The van der Waals surface area contributed by atoms with Crippen molar-refractivity contribution in [2.24, 2.45) is 0 Å². The van der Waals surface area contributed by atoms with E-state index in [4.69, 9.17) is 17.0 Å². The van der Waals surface area contributed by atoms with Crippen LogP contribution in [0.4, 0.5) is 0 Å². The van der Waals surface area contributed by atoms with E-state index in [1.54, 1.807) is 0 Å². The van der Waals surface area contributed by atoms with Gasteiger partial charge in [-0.1, -0.05) is 24.4 Å². The fourth-order valence-corrected chi connectivity index (χ4v) is 2.91. The van der Waals surface area contributed by atoms with Crippen molar-refractivity contribution in [3.8, 4) is 17.1 Å². The third-order valence-corrected chi connectivity index (χ3v) is 4.68. The number of halogens is 1. The van der Waals surface area contributed by atoms with Crippen LogP contribution in [0.2, 0.25) is 0 Å². The second-order valence-electron chi connectivity index (χ2n) is 4.82. The third kappa shape index (κ3) is 2.65. The number of benzene rings is 1. The van der Waals surface area contributed by atoms with Crippen LogP contribution in [0.3, 0.4) is 0 Å². The molecule has 2 aromatic rings. The van der Waals surface area contributed by atoms with Crippen molar-refractivity contribution < 1.29 is 4.74 Å². The van der Waals surface area contributed by atoms with Crippen LogP contribution in [0.25, 0.3) is 11.4 Å². The Morgan fingerprint density at radius 1 is 1.40 bits per heavy atom. The maximum atomic E-state index is 5.67. The van der Waals surface area contributed by atoms with E-state index in [0.717, 1.165) is 27.3 Å². The molecule has 0 atom stereocenters. The Kier molecular flexibility index (Phi) is 3.89. The molecule has 0 aliphatic heterocycles. The van der Waals surface area contributed by atoms with Crippen LogP contribution in [0.1, 0.15) is 31.4 Å². The number of aromatic nitrogens is 2. The summed E-state index contributed by atoms with van der Waals surface area (Å²) < 4.78 is 7.20. The average molecular weight is 351 g/mol. The smallest absolute Gasteiger partial charge is 0.144 e. The molecule has 3 rings (SSSR count). The number of aromatic amines is 1. The lowest BCUT2D eigenvalue weighted by Gasteiger charge is -2.11. The summed E-state index contributed by atoms with van der Waals surface area (Å²) in [7, 11) is 0. The maximum Gasteiger partial charge on any atom is 0.144 e. The highest BCUT2D eigenvalue weighted by Gasteiger charge is 2.28. The van der Waals surface area contributed by atoms with Gasteiger partial charge in [-0.15, -0.1) is 0 Å². The van der Waals surface area contributed by atoms with E-state index < -0.39 is 0 Å². The summed E-state index contributed by atoms with van der Waals surface area (Å²) in [5, 5.41) is 0. The van der Waals surface area contributed by atoms with Crippen LogP contribution < -0.4 is 4.74 Å². The predicted octanol–water partition coefficient (Wildman–Crippen LogP) is 4.84. The lowest BCUT2D eigenvalue weighted by molar-refractivity contribution is 0.341. The molecule has 1 aliphatic rings. The summed E-state index contributed by atoms with van der Waals surface area (Å²) in [6.07, 6.45) is 2.42. The van der Waals surface area contributed by atoms with Crippen molar-refractivity contribution in [2.45, 2.75) is 25.7 Å². The van der Waals surface area contributed by atoms with Gasteiger partial charge in [0, 0.05) is 11.6 Å². The first-order chi connectivity index (χ1) is 9.70. The number of rotatable bonds is 4. The monoisotopic (exact) mass is 350 g/mol. The molecule has 0 saturated heterocycles. The number of ether oxygens (including phenoxy) is 1. The molecule has 20 heavy (non-hydrogen) atoms. The highest BCUT2D eigenvalue weighted by atomic mass is 79.9. The average Bonchev–Trinajstić information content (AvgIpc) is 3.27. The standard InChI is InChI=1S/C15H15BrN2OS/c1-2-19-11-6-4-3-5-10(11)14-17-13(9-7-8-9)12(16)15(20)18-14/h3-6,9H,2,7-8H2,1H3,(H,17,18,20). The summed E-state index contributed by atoms with van der Waals surface area (Å²) in [4.78, 5) is 7.92. The Labute approximate surface area is 131 Å². The lowest BCUT2D eigenvalue weighted by atomic mass is 10.1. The number of hydrogen-bond acceptors (Lipinski definition) is 3. The zero-order chi connectivity index (χ0) is 14.1. The normalized spacial score (nSPS) is 14.3. The number of nitrogens with zero attached hydrogens (tertiary/aromatic N) is 1. The maximum absolute atomic E-state index is 5.67. The molecule has 1 aromatic heterocycles. The minimum absolute atomic E-state index is 0.576. The summed E-state index contributed by atoms with van der Waals surface area (Å²) in [6.45, 7) is 2.60. The molecule has 0 amide bonds. The van der Waals surface area contributed by atoms with Gasteiger partial charge >= 0.3 is 0 Å². The summed E-state index contributed by atoms with van der Waals surface area (Å²) >= 11 is 8.91. The Morgan fingerprint density at radius 2 is 2.15 bits per heavy atom. The molecule has 5 heteroatoms. The van der Waals surface area contributed by atoms with Crippen LogP contribution in [-0.4, -0.2) is 16.6 Å². The molecule has 1 saturated carbocycles. The van der Waals surface area contributed by atoms with E-state index in [2.05, 4.69) is 25.9 Å². The SMILES string of the molecule is CCOc1ccccc1-c1nc(=S)c(Br)c(C2CC2)[nH]1. The highest BCUT2D eigenvalue weighted by Crippen LogP contribution is 2.43. The van der Waals surface area contributed by atoms with Gasteiger partial charge in [-0.05, 0) is 47.8 Å². The van der Waals surface area contributed by atoms with Gasteiger partial charge < -0.3 is 9.72 Å². The highest BCUT2D eigenvalue weighted by molar-refractivity contribution is 9.10. The minimum Gasteiger partial charge on any atom is -0.493 e. The second-order valence-corrected chi connectivity index (χ2v) is 6.00. The zero-order valence-corrected chi connectivity index (χ0v) is 13.6. The minimum atomic E-state index is 0.576. The molecule has 1 heterocycles. The van der Waals surface area contributed by atoms with E-state index in [-0.39, 0.29) is 0 Å². The molecule has 104 valence electrons. The number of hydrogen-bond donors (Lipinski definition) is 1. The van der Waals surface area contributed by atoms with Crippen molar-refractivity contribution in [1.29, 1.82) is 0 Å². The fourth-order valence-electron chi connectivity index (χ4n) is 2.20. The zero-order valence-electron chi connectivity index (χ0n) is 11.1. The number of nitrogens with one attached hydrogen (secondary N) is 1. The molecule has 0 spiro atoms. The predicted molar refractivity (Wildman–Crippen MR) is 85.7 cm³/mol. The van der Waals surface area contributed by atoms with Gasteiger partial charge in [0.1, 0.15) is 16.2 Å². The molecule has 1 fully saturated rings. The van der Waals surface area contributed by atoms with Gasteiger partial charge in [0.25, 0.3) is 0 Å². The molecular formula is C15H15BrN2OS. The lowest BCUT2D eigenvalue weighted by Crippen LogP contribution is -2.00. The Balaban J connectivity index is 2.13. The first-order valence-corrected chi connectivity index (χ1v) is 7.92. The Hall–Kier alpha value is -1.20. The number of para-hydroxylation sites is 1. The van der Waals surface area contributed by atoms with Gasteiger partial charge in [-0.25, -0.2) is 4.98 Å². The molecule has 1 aromatic carbocycles. The molecule has 3 nitrogen and oxygen atoms in total. The summed E-state index contributed by atoms with van der Waals surface area (Å²) in [5.41, 5.74) is 2.11. The summed E-state index contributed by atoms with van der Waals surface area (Å²) in [6, 6.07) is 7.90. The van der Waals surface area contributed by atoms with Crippen molar-refractivity contribution in [3.63, 3.8) is 0 Å². The van der Waals surface area contributed by atoms with Crippen LogP contribution >= 0.6 is 28.1 Å². The van der Waals surface area contributed by atoms with Crippen LogP contribution in [0.5, 0.6) is 5.75 Å². The first kappa shape index (κ1) is 13.8. The van der Waals surface area contributed by atoms with Crippen molar-refractivity contribution in [2.75, 3.05) is 6.61 Å². The van der Waals surface area contributed by atoms with Crippen LogP contribution in [-0.2, 0) is 0 Å². The fraction of sp³-hybridized carbons (Fsp3) is 0.333. The van der Waals surface area contributed by atoms with E-state index >= 15 is 0 Å². The van der Waals surface area contributed by atoms with Crippen molar-refractivity contribution in [3.05, 3.63) is 39.1 Å². The summed E-state index contributed by atoms with van der Waals surface area (Å²) in [5.74, 6) is 2.19. The Bertz CT molecular complexity index is 695. The van der Waals surface area contributed by atoms with Gasteiger partial charge in [0.15, 0.2) is 0 Å². The third-order valence-electron chi connectivity index (χ3n) is 3.32. The van der Waals surface area contributed by atoms with Gasteiger partial charge in [0.2, 0.25) is 0 Å². The molecule has 0 unspecified atom stereocenters. The second kappa shape index (κ2) is 5.66. The topological polar surface area (TPSA) is 37.9 Å². The molecule has 1 N–H and O–H groups in total. The quantitative estimate of drug-likeness (QED) is 0.801. The largest absolute Gasteiger partial charge is 0.493 e. The Morgan fingerprint density at radius 3 is 2.85 bits per heavy atom. The van der Waals surface area contributed by atoms with E-state index in [1.165, 1.54) is 12.8 Å². The van der Waals surface area contributed by atoms with E-state index in [9.17, 15) is 0 Å². The molecule has 1 aliphatic carbocycles. The van der Waals surface area contributed by atoms with E-state index in [1.807, 2.05) is 31.2 Å². The van der Waals surface area contributed by atoms with Crippen LogP contribution in [0.15, 0.2) is 28.7 Å². The first-order valence-electron chi connectivity index (χ1n) is 6.72. The van der Waals surface area contributed by atoms with Crippen molar-refractivity contribution >= 4 is 28.1 Å². The number of H-pyrrole nitrogens is 1. The molecule has 0 bridgehead atoms.